The lowest BCUT2D eigenvalue weighted by molar-refractivity contribution is 0.0998. The highest BCUT2D eigenvalue weighted by Crippen LogP contribution is 2.29. The molecule has 27 heavy (non-hydrogen) atoms. The number of amides is 1. The first-order valence-electron chi connectivity index (χ1n) is 8.01. The molecule has 3 aromatic rings. The molecule has 0 radical (unpaired) electrons. The smallest absolute Gasteiger partial charge is 0.279 e. The summed E-state index contributed by atoms with van der Waals surface area (Å²) in [5.41, 5.74) is 2.26. The summed E-state index contributed by atoms with van der Waals surface area (Å²) in [5.74, 6) is -0.451. The SMILES string of the molecule is C=CCn1c(=NC(=O)c2ccc(S(C)(=O)=O)cc2)sc2c(Cl)ccc(C)c21. The number of hydrogen-bond donors (Lipinski definition) is 0. The van der Waals surface area contributed by atoms with Crippen LogP contribution in [-0.4, -0.2) is 25.1 Å². The third-order valence-electron chi connectivity index (χ3n) is 4.02. The number of fused-ring (bicyclic) bond motifs is 1. The topological polar surface area (TPSA) is 68.5 Å². The summed E-state index contributed by atoms with van der Waals surface area (Å²) in [6.45, 7) is 6.23. The lowest BCUT2D eigenvalue weighted by Crippen LogP contribution is -2.16. The van der Waals surface area contributed by atoms with Crippen LogP contribution >= 0.6 is 22.9 Å². The van der Waals surface area contributed by atoms with Crippen molar-refractivity contribution in [2.45, 2.75) is 18.4 Å². The maximum Gasteiger partial charge on any atom is 0.279 e. The molecule has 0 aliphatic heterocycles. The number of benzene rings is 2. The molecule has 0 unspecified atom stereocenters. The van der Waals surface area contributed by atoms with Crippen molar-refractivity contribution in [1.82, 2.24) is 4.57 Å². The molecule has 0 bridgehead atoms. The summed E-state index contributed by atoms with van der Waals surface area (Å²) in [6, 6.07) is 9.48. The Hall–Kier alpha value is -2.22. The van der Waals surface area contributed by atoms with Gasteiger partial charge in [-0.1, -0.05) is 35.1 Å². The molecule has 0 spiro atoms. The van der Waals surface area contributed by atoms with Gasteiger partial charge in [-0.25, -0.2) is 8.42 Å². The van der Waals surface area contributed by atoms with Crippen molar-refractivity contribution in [3.63, 3.8) is 0 Å². The first kappa shape index (κ1) is 19.5. The van der Waals surface area contributed by atoms with Crippen molar-refractivity contribution in [2.75, 3.05) is 6.26 Å². The van der Waals surface area contributed by atoms with Gasteiger partial charge in [-0.05, 0) is 42.8 Å². The molecule has 140 valence electrons. The average Bonchev–Trinajstić information content (AvgIpc) is 2.97. The van der Waals surface area contributed by atoms with Crippen LogP contribution in [0.3, 0.4) is 0 Å². The monoisotopic (exact) mass is 420 g/mol. The van der Waals surface area contributed by atoms with Crippen LogP contribution < -0.4 is 4.80 Å². The van der Waals surface area contributed by atoms with Crippen LogP contribution in [0.4, 0.5) is 0 Å². The molecule has 2 aromatic carbocycles. The lowest BCUT2D eigenvalue weighted by atomic mass is 10.2. The maximum absolute atomic E-state index is 12.6. The molecule has 1 aromatic heterocycles. The minimum Gasteiger partial charge on any atom is -0.312 e. The zero-order chi connectivity index (χ0) is 19.8. The Balaban J connectivity index is 2.14. The standard InChI is InChI=1S/C19H17ClN2O3S2/c1-4-11-22-16-12(2)5-10-15(20)17(16)26-19(22)21-18(23)13-6-8-14(9-7-13)27(3,24)25/h4-10H,1,11H2,2-3H3. The molecule has 0 saturated carbocycles. The quantitative estimate of drug-likeness (QED) is 0.599. The fraction of sp³-hybridized carbons (Fsp3) is 0.158. The van der Waals surface area contributed by atoms with E-state index < -0.39 is 15.7 Å². The van der Waals surface area contributed by atoms with E-state index in [1.165, 1.54) is 35.6 Å². The second kappa shape index (κ2) is 7.42. The van der Waals surface area contributed by atoms with Crippen molar-refractivity contribution in [1.29, 1.82) is 0 Å². The molecule has 1 heterocycles. The summed E-state index contributed by atoms with van der Waals surface area (Å²) in [7, 11) is -3.31. The normalized spacial score (nSPS) is 12.5. The molecule has 5 nitrogen and oxygen atoms in total. The maximum atomic E-state index is 12.6. The number of carbonyl (C=O) groups excluding carboxylic acids is 1. The second-order valence-electron chi connectivity index (χ2n) is 6.04. The predicted molar refractivity (Wildman–Crippen MR) is 109 cm³/mol. The van der Waals surface area contributed by atoms with Crippen molar-refractivity contribution >= 4 is 48.9 Å². The van der Waals surface area contributed by atoms with Gasteiger partial charge in [0.15, 0.2) is 14.6 Å². The number of nitrogens with zero attached hydrogens (tertiary/aromatic N) is 2. The Morgan fingerprint density at radius 3 is 2.52 bits per heavy atom. The Kier molecular flexibility index (Phi) is 5.37. The molecule has 1 amide bonds. The van der Waals surface area contributed by atoms with Crippen LogP contribution in [0, 0.1) is 6.92 Å². The van der Waals surface area contributed by atoms with Crippen molar-refractivity contribution in [3.8, 4) is 0 Å². The van der Waals surface area contributed by atoms with Crippen LogP contribution in [0.1, 0.15) is 15.9 Å². The van der Waals surface area contributed by atoms with E-state index in [0.717, 1.165) is 22.0 Å². The first-order chi connectivity index (χ1) is 12.7. The minimum atomic E-state index is -3.31. The Morgan fingerprint density at radius 1 is 1.26 bits per heavy atom. The van der Waals surface area contributed by atoms with Gasteiger partial charge in [-0.15, -0.1) is 6.58 Å². The third-order valence-corrected chi connectivity index (χ3v) is 6.68. The van der Waals surface area contributed by atoms with Crippen LogP contribution in [0.2, 0.25) is 5.02 Å². The largest absolute Gasteiger partial charge is 0.312 e. The van der Waals surface area contributed by atoms with E-state index in [1.807, 2.05) is 23.6 Å². The molecular formula is C19H17ClN2O3S2. The summed E-state index contributed by atoms with van der Waals surface area (Å²) >= 11 is 7.65. The Labute approximate surface area is 166 Å². The fourth-order valence-electron chi connectivity index (χ4n) is 2.70. The van der Waals surface area contributed by atoms with Gasteiger partial charge in [0.2, 0.25) is 0 Å². The molecule has 3 rings (SSSR count). The summed E-state index contributed by atoms with van der Waals surface area (Å²) in [4.78, 5) is 17.5. The molecule has 0 aliphatic carbocycles. The minimum absolute atomic E-state index is 0.157. The highest BCUT2D eigenvalue weighted by molar-refractivity contribution is 7.90. The van der Waals surface area contributed by atoms with E-state index in [4.69, 9.17) is 11.6 Å². The van der Waals surface area contributed by atoms with Gasteiger partial charge in [0.25, 0.3) is 5.91 Å². The number of carbonyl (C=O) groups is 1. The molecule has 0 N–H and O–H groups in total. The van der Waals surface area contributed by atoms with Gasteiger partial charge in [-0.3, -0.25) is 4.79 Å². The molecule has 0 atom stereocenters. The molecule has 8 heteroatoms. The Morgan fingerprint density at radius 2 is 1.93 bits per heavy atom. The molecular weight excluding hydrogens is 404 g/mol. The number of aromatic nitrogens is 1. The zero-order valence-corrected chi connectivity index (χ0v) is 17.2. The van der Waals surface area contributed by atoms with Crippen LogP contribution in [0.25, 0.3) is 10.2 Å². The fourth-order valence-corrected chi connectivity index (χ4v) is 4.72. The van der Waals surface area contributed by atoms with Crippen LogP contribution in [-0.2, 0) is 16.4 Å². The average molecular weight is 421 g/mol. The number of hydrogen-bond acceptors (Lipinski definition) is 4. The number of thiazole rings is 1. The van der Waals surface area contributed by atoms with Gasteiger partial charge in [0, 0.05) is 18.4 Å². The predicted octanol–water partition coefficient (Wildman–Crippen LogP) is 4.00. The van der Waals surface area contributed by atoms with E-state index in [1.54, 1.807) is 6.08 Å². The zero-order valence-electron chi connectivity index (χ0n) is 14.8. The van der Waals surface area contributed by atoms with Crippen molar-refractivity contribution < 1.29 is 13.2 Å². The summed E-state index contributed by atoms with van der Waals surface area (Å²) in [5, 5.41) is 0.602. The second-order valence-corrected chi connectivity index (χ2v) is 9.44. The number of halogens is 1. The van der Waals surface area contributed by atoms with Gasteiger partial charge >= 0.3 is 0 Å². The van der Waals surface area contributed by atoms with Crippen LogP contribution in [0.15, 0.2) is 58.9 Å². The highest BCUT2D eigenvalue weighted by Gasteiger charge is 2.13. The van der Waals surface area contributed by atoms with Gasteiger partial charge in [0.05, 0.1) is 20.1 Å². The van der Waals surface area contributed by atoms with Gasteiger partial charge in [0.1, 0.15) is 0 Å². The number of sulfone groups is 1. The van der Waals surface area contributed by atoms with E-state index >= 15 is 0 Å². The lowest BCUT2D eigenvalue weighted by Gasteiger charge is -2.04. The first-order valence-corrected chi connectivity index (χ1v) is 11.1. The Bertz CT molecular complexity index is 1220. The summed E-state index contributed by atoms with van der Waals surface area (Å²) in [6.07, 6.45) is 2.85. The van der Waals surface area contributed by atoms with E-state index in [2.05, 4.69) is 11.6 Å². The van der Waals surface area contributed by atoms with Crippen molar-refractivity contribution in [2.24, 2.45) is 4.99 Å². The molecule has 0 saturated heterocycles. The van der Waals surface area contributed by atoms with E-state index in [-0.39, 0.29) is 4.90 Å². The van der Waals surface area contributed by atoms with Gasteiger partial charge in [-0.2, -0.15) is 4.99 Å². The highest BCUT2D eigenvalue weighted by atomic mass is 35.5. The van der Waals surface area contributed by atoms with E-state index in [0.29, 0.717) is 21.9 Å². The van der Waals surface area contributed by atoms with Crippen molar-refractivity contribution in [3.05, 3.63) is 70.0 Å². The number of aryl methyl sites for hydroxylation is 1. The number of rotatable bonds is 4. The number of allylic oxidation sites excluding steroid dienone is 1. The molecule has 0 aliphatic rings. The van der Waals surface area contributed by atoms with Gasteiger partial charge < -0.3 is 4.57 Å². The third kappa shape index (κ3) is 3.90. The van der Waals surface area contributed by atoms with E-state index in [9.17, 15) is 13.2 Å². The molecule has 0 fully saturated rings. The summed E-state index contributed by atoms with van der Waals surface area (Å²) < 4.78 is 25.9. The van der Waals surface area contributed by atoms with Crippen LogP contribution in [0.5, 0.6) is 0 Å².